The number of para-hydroxylation sites is 1. The Hall–Kier alpha value is -3.03. The first-order valence-corrected chi connectivity index (χ1v) is 6.29. The highest BCUT2D eigenvalue weighted by atomic mass is 16.5. The van der Waals surface area contributed by atoms with Crippen LogP contribution in [-0.2, 0) is 9.59 Å². The average Bonchev–Trinajstić information content (AvgIpc) is 2.93. The molecule has 1 heterocycles. The van der Waals surface area contributed by atoms with Crippen LogP contribution in [0.1, 0.15) is 12.5 Å². The van der Waals surface area contributed by atoms with Gasteiger partial charge < -0.3 is 24.6 Å². The molecule has 2 aromatic rings. The zero-order valence-corrected chi connectivity index (χ0v) is 11.6. The van der Waals surface area contributed by atoms with Crippen molar-refractivity contribution in [2.24, 2.45) is 0 Å². The number of rotatable bonds is 6. The van der Waals surface area contributed by atoms with Gasteiger partial charge in [-0.25, -0.2) is 9.78 Å². The minimum absolute atomic E-state index is 0.144. The highest BCUT2D eigenvalue weighted by molar-refractivity contribution is 5.80. The van der Waals surface area contributed by atoms with Gasteiger partial charge in [-0.3, -0.25) is 4.79 Å². The number of ether oxygens (including phenoxy) is 1. The summed E-state index contributed by atoms with van der Waals surface area (Å²) in [5.74, 6) is -2.40. The summed E-state index contributed by atoms with van der Waals surface area (Å²) in [4.78, 5) is 26.2. The van der Waals surface area contributed by atoms with Crippen molar-refractivity contribution in [1.82, 2.24) is 9.55 Å². The number of phenols is 1. The molecule has 22 heavy (non-hydrogen) atoms. The van der Waals surface area contributed by atoms with Crippen molar-refractivity contribution in [3.63, 3.8) is 0 Å². The lowest BCUT2D eigenvalue weighted by molar-refractivity contribution is -0.147. The number of phenolic OH excluding ortho intramolecular Hbond substituents is 1. The number of aliphatic carboxylic acids is 2. The second-order valence-electron chi connectivity index (χ2n) is 4.47. The Morgan fingerprint density at radius 1 is 1.36 bits per heavy atom. The molecule has 0 aliphatic carbocycles. The molecule has 1 aromatic heterocycles. The zero-order valence-electron chi connectivity index (χ0n) is 11.6. The third kappa shape index (κ3) is 2.85. The van der Waals surface area contributed by atoms with Gasteiger partial charge in [-0.15, -0.1) is 0 Å². The van der Waals surface area contributed by atoms with Crippen molar-refractivity contribution in [3.05, 3.63) is 30.6 Å². The van der Waals surface area contributed by atoms with Gasteiger partial charge in [-0.1, -0.05) is 6.07 Å². The Balaban J connectivity index is 2.53. The van der Waals surface area contributed by atoms with Crippen LogP contribution in [0.4, 0.5) is 0 Å². The van der Waals surface area contributed by atoms with E-state index in [9.17, 15) is 19.8 Å². The average molecular weight is 306 g/mol. The molecule has 0 saturated carbocycles. The Morgan fingerprint density at radius 2 is 2.09 bits per heavy atom. The maximum Gasteiger partial charge on any atom is 0.327 e. The molecule has 0 aliphatic heterocycles. The van der Waals surface area contributed by atoms with E-state index in [-0.39, 0.29) is 22.9 Å². The first-order chi connectivity index (χ1) is 10.5. The number of imidazole rings is 1. The molecule has 8 heteroatoms. The predicted molar refractivity (Wildman–Crippen MR) is 74.8 cm³/mol. The lowest BCUT2D eigenvalue weighted by atomic mass is 10.1. The molecule has 0 radical (unpaired) electrons. The van der Waals surface area contributed by atoms with E-state index in [2.05, 4.69) is 4.98 Å². The van der Waals surface area contributed by atoms with Gasteiger partial charge in [0.15, 0.2) is 11.5 Å². The molecule has 1 aromatic carbocycles. The van der Waals surface area contributed by atoms with Gasteiger partial charge in [0.1, 0.15) is 11.9 Å². The Bertz CT molecular complexity index is 709. The lowest BCUT2D eigenvalue weighted by Crippen LogP contribution is -2.22. The summed E-state index contributed by atoms with van der Waals surface area (Å²) >= 11 is 0. The number of aromatic hydroxyl groups is 1. The molecular weight excluding hydrogens is 292 g/mol. The summed E-state index contributed by atoms with van der Waals surface area (Å²) in [6, 6.07) is 3.36. The summed E-state index contributed by atoms with van der Waals surface area (Å²) in [5, 5.41) is 28.2. The number of aromatic nitrogens is 2. The monoisotopic (exact) mass is 306 g/mol. The van der Waals surface area contributed by atoms with Gasteiger partial charge in [0, 0.05) is 12.4 Å². The van der Waals surface area contributed by atoms with E-state index in [1.807, 2.05) is 0 Å². The zero-order chi connectivity index (χ0) is 16.3. The molecule has 0 amide bonds. The molecule has 116 valence electrons. The van der Waals surface area contributed by atoms with Gasteiger partial charge in [0.25, 0.3) is 0 Å². The number of hydrogen-bond acceptors (Lipinski definition) is 5. The van der Waals surface area contributed by atoms with Gasteiger partial charge in [-0.05, 0) is 12.1 Å². The van der Waals surface area contributed by atoms with Crippen molar-refractivity contribution < 1.29 is 29.6 Å². The van der Waals surface area contributed by atoms with Crippen LogP contribution in [0.15, 0.2) is 30.6 Å². The van der Waals surface area contributed by atoms with Crippen LogP contribution in [0.3, 0.4) is 0 Å². The summed E-state index contributed by atoms with van der Waals surface area (Å²) in [6.45, 7) is 0. The van der Waals surface area contributed by atoms with Gasteiger partial charge in [0.2, 0.25) is 0 Å². The molecule has 1 atom stereocenters. The van der Waals surface area contributed by atoms with Crippen molar-refractivity contribution in [2.75, 3.05) is 7.11 Å². The molecule has 2 rings (SSSR count). The number of benzene rings is 1. The lowest BCUT2D eigenvalue weighted by Gasteiger charge is -2.16. The highest BCUT2D eigenvalue weighted by Gasteiger charge is 2.26. The third-order valence-corrected chi connectivity index (χ3v) is 3.12. The summed E-state index contributed by atoms with van der Waals surface area (Å²) in [6.07, 6.45) is 2.09. The van der Waals surface area contributed by atoms with Gasteiger partial charge in [0.05, 0.1) is 19.1 Å². The van der Waals surface area contributed by atoms with E-state index in [0.29, 0.717) is 0 Å². The van der Waals surface area contributed by atoms with Crippen LogP contribution in [0.5, 0.6) is 11.5 Å². The summed E-state index contributed by atoms with van der Waals surface area (Å²) in [5.41, 5.74) is 0.251. The normalized spacial score (nSPS) is 11.9. The first kappa shape index (κ1) is 15.4. The molecule has 0 aliphatic rings. The Labute approximate surface area is 125 Å². The number of methoxy groups -OCH3 is 1. The Kier molecular flexibility index (Phi) is 4.31. The van der Waals surface area contributed by atoms with Gasteiger partial charge >= 0.3 is 11.9 Å². The van der Waals surface area contributed by atoms with E-state index in [1.54, 1.807) is 6.07 Å². The van der Waals surface area contributed by atoms with Crippen molar-refractivity contribution in [3.8, 4) is 22.9 Å². The topological polar surface area (TPSA) is 122 Å². The number of carboxylic acid groups (broad SMARTS) is 2. The smallest absolute Gasteiger partial charge is 0.327 e. The molecule has 1 unspecified atom stereocenters. The highest BCUT2D eigenvalue weighted by Crippen LogP contribution is 2.37. The fraction of sp³-hybridized carbons (Fsp3) is 0.214. The summed E-state index contributed by atoms with van der Waals surface area (Å²) < 4.78 is 6.20. The largest absolute Gasteiger partial charge is 0.504 e. The minimum atomic E-state index is -1.33. The fourth-order valence-corrected chi connectivity index (χ4v) is 2.11. The standard InChI is InChI=1S/C14H14N2O6/c1-22-10-4-2-3-8(12(10)19)13-15-5-6-16(13)9(14(20)21)7-11(17)18/h2-6,9,19H,7H2,1H3,(H,17,18)(H,20,21). The van der Waals surface area contributed by atoms with Crippen LogP contribution < -0.4 is 4.74 Å². The minimum Gasteiger partial charge on any atom is -0.504 e. The van der Waals surface area contributed by atoms with Crippen LogP contribution in [-0.4, -0.2) is 43.9 Å². The van der Waals surface area contributed by atoms with E-state index in [1.165, 1.54) is 36.2 Å². The maximum absolute atomic E-state index is 11.3. The molecule has 0 bridgehead atoms. The van der Waals surface area contributed by atoms with Crippen LogP contribution in [0, 0.1) is 0 Å². The number of hydrogen-bond donors (Lipinski definition) is 3. The molecule has 8 nitrogen and oxygen atoms in total. The van der Waals surface area contributed by atoms with Crippen molar-refractivity contribution in [1.29, 1.82) is 0 Å². The van der Waals surface area contributed by atoms with E-state index in [4.69, 9.17) is 9.84 Å². The Morgan fingerprint density at radius 3 is 2.68 bits per heavy atom. The maximum atomic E-state index is 11.3. The van der Waals surface area contributed by atoms with Crippen LogP contribution >= 0.6 is 0 Å². The molecular formula is C14H14N2O6. The number of carbonyl (C=O) groups is 2. The van der Waals surface area contributed by atoms with Crippen LogP contribution in [0.2, 0.25) is 0 Å². The summed E-state index contributed by atoms with van der Waals surface area (Å²) in [7, 11) is 1.38. The molecule has 0 saturated heterocycles. The van der Waals surface area contributed by atoms with Crippen LogP contribution in [0.25, 0.3) is 11.4 Å². The van der Waals surface area contributed by atoms with E-state index >= 15 is 0 Å². The molecule has 3 N–H and O–H groups in total. The van der Waals surface area contributed by atoms with E-state index < -0.39 is 24.4 Å². The first-order valence-electron chi connectivity index (χ1n) is 6.29. The second kappa shape index (κ2) is 6.17. The quantitative estimate of drug-likeness (QED) is 0.736. The number of carboxylic acids is 2. The van der Waals surface area contributed by atoms with Gasteiger partial charge in [-0.2, -0.15) is 0 Å². The molecule has 0 spiro atoms. The third-order valence-electron chi connectivity index (χ3n) is 3.12. The number of nitrogens with zero attached hydrogens (tertiary/aromatic N) is 2. The fourth-order valence-electron chi connectivity index (χ4n) is 2.11. The van der Waals surface area contributed by atoms with Crippen molar-refractivity contribution in [2.45, 2.75) is 12.5 Å². The van der Waals surface area contributed by atoms with E-state index in [0.717, 1.165) is 0 Å². The second-order valence-corrected chi connectivity index (χ2v) is 4.47. The predicted octanol–water partition coefficient (Wildman–Crippen LogP) is 1.36. The molecule has 0 fully saturated rings. The SMILES string of the molecule is COc1cccc(-c2nccn2C(CC(=O)O)C(=O)O)c1O. The van der Waals surface area contributed by atoms with Crippen molar-refractivity contribution >= 4 is 11.9 Å².